The first-order chi connectivity index (χ1) is 39.4. The number of aliphatic hydroxyl groups is 1. The Bertz CT molecular complexity index is 2780. The van der Waals surface area contributed by atoms with Crippen LogP contribution in [0.5, 0.6) is 0 Å². The number of carbonyl (C=O) groups is 3. The smallest absolute Gasteiger partial charge is 0.410 e. The van der Waals surface area contributed by atoms with Gasteiger partial charge in [-0.15, -0.1) is 0 Å². The van der Waals surface area contributed by atoms with Crippen molar-refractivity contribution in [2.75, 3.05) is 13.1 Å². The topological polar surface area (TPSA) is 115 Å². The Labute approximate surface area is 491 Å². The first-order valence-electron chi connectivity index (χ1n) is 33.2. The molecule has 446 valence electrons. The number of allylic oxidation sites excluding steroid dienone is 2. The highest BCUT2D eigenvalue weighted by Crippen LogP contribution is 2.67. The zero-order valence-electron chi connectivity index (χ0n) is 51.3. The van der Waals surface area contributed by atoms with E-state index < -0.39 is 0 Å². The van der Waals surface area contributed by atoms with Crippen LogP contribution in [0, 0.1) is 81.8 Å². The SMILES string of the molecule is CC1=C2C[C@H]3[C@@H](CC[C@@H]4CC(=O)CC[C@@]43C)[C@@H]2CC[C@@]2(C1)O[C@@H]1C[C@H](C)CN(C(=O)OCc3ccccc3)[C@H]1[C@H]2C.CC1=C2C[C@H]3[C@@H](CC[C@@H]4C[C@H](O)CC[C@@]43C)[C@@H]2CC[C@@]2(C1)O[C@@H]1C[C@H](C)CN(C(=O)OCc3ccccc3)[C@H]1[C@H]2C. The van der Waals surface area contributed by atoms with Crippen LogP contribution in [0.3, 0.4) is 0 Å². The third kappa shape index (κ3) is 9.88. The van der Waals surface area contributed by atoms with Crippen LogP contribution in [0.25, 0.3) is 0 Å². The molecule has 82 heavy (non-hydrogen) atoms. The van der Waals surface area contributed by atoms with E-state index in [9.17, 15) is 19.5 Å². The van der Waals surface area contributed by atoms with E-state index >= 15 is 0 Å². The standard InChI is InChI=1S/C36H51NO4.C36H49NO4/c2*1-22-16-32-33(37(20-22)34(39)40-21-25-8-6-5-7-9-25)24(3)36(41-32)15-13-28-29-11-10-26-17-27(38)12-14-35(26,4)31(29)18-30(28)23(2)19-36/h5-9,22,24,26-29,31-33,38H,10-21H2,1-4H3;5-9,22,24,26,28-29,31-33H,10-21H2,1-4H3/t22-,24+,26+,27+,28-,29-,31-,32+,33-,35-,36-;22-,24+,26+,28-,29-,31-,32+,33-,35-,36-/m00/s1. The van der Waals surface area contributed by atoms with Gasteiger partial charge in [0.15, 0.2) is 0 Å². The zero-order valence-corrected chi connectivity index (χ0v) is 51.3. The lowest BCUT2D eigenvalue weighted by Crippen LogP contribution is -2.54. The lowest BCUT2D eigenvalue weighted by molar-refractivity contribution is -0.129. The second-order valence-electron chi connectivity index (χ2n) is 30.5. The van der Waals surface area contributed by atoms with E-state index in [4.69, 9.17) is 18.9 Å². The van der Waals surface area contributed by atoms with Gasteiger partial charge in [-0.05, 0) is 211 Å². The molecule has 0 bridgehead atoms. The van der Waals surface area contributed by atoms with Crippen molar-refractivity contribution in [2.24, 2.45) is 81.8 Å². The van der Waals surface area contributed by atoms with Gasteiger partial charge in [-0.2, -0.15) is 0 Å². The van der Waals surface area contributed by atoms with Gasteiger partial charge in [0, 0.05) is 37.8 Å². The summed E-state index contributed by atoms with van der Waals surface area (Å²) in [5.41, 5.74) is 9.00. The highest BCUT2D eigenvalue weighted by molar-refractivity contribution is 5.79. The van der Waals surface area contributed by atoms with Gasteiger partial charge in [-0.1, -0.05) is 124 Å². The maximum Gasteiger partial charge on any atom is 0.410 e. The fourth-order valence-electron chi connectivity index (χ4n) is 21.9. The number of piperidine rings is 2. The van der Waals surface area contributed by atoms with Crippen molar-refractivity contribution in [1.29, 1.82) is 0 Å². The lowest BCUT2D eigenvalue weighted by atomic mass is 9.52. The van der Waals surface area contributed by atoms with E-state index in [2.05, 4.69) is 55.4 Å². The number of carbonyl (C=O) groups excluding carboxylic acids is 3. The van der Waals surface area contributed by atoms with Gasteiger partial charge in [0.2, 0.25) is 0 Å². The van der Waals surface area contributed by atoms with E-state index in [-0.39, 0.29) is 65.6 Å². The lowest BCUT2D eigenvalue weighted by Gasteiger charge is -2.53. The summed E-state index contributed by atoms with van der Waals surface area (Å²) in [7, 11) is 0. The number of rotatable bonds is 4. The number of amides is 2. The Morgan fingerprint density at radius 3 is 1.54 bits per heavy atom. The number of hydrogen-bond donors (Lipinski definition) is 1. The predicted octanol–water partition coefficient (Wildman–Crippen LogP) is 15.3. The molecule has 2 aromatic rings. The molecule has 0 unspecified atom stereocenters. The number of fused-ring (bicyclic) bond motifs is 12. The second kappa shape index (κ2) is 22.1. The van der Waals surface area contributed by atoms with E-state index in [0.717, 1.165) is 119 Å². The Hall–Kier alpha value is -3.99. The number of benzene rings is 2. The van der Waals surface area contributed by atoms with Crippen LogP contribution in [0.4, 0.5) is 9.59 Å². The third-order valence-corrected chi connectivity index (χ3v) is 26.2. The first kappa shape index (κ1) is 57.1. The molecule has 4 saturated heterocycles. The average molecular weight is 1120 g/mol. The quantitative estimate of drug-likeness (QED) is 0.301. The molecule has 21 atom stereocenters. The monoisotopic (exact) mass is 1120 g/mol. The van der Waals surface area contributed by atoms with Crippen LogP contribution in [-0.2, 0) is 37.0 Å². The number of likely N-dealkylation sites (tertiary alicyclic amines) is 2. The van der Waals surface area contributed by atoms with E-state index in [1.807, 2.05) is 70.5 Å². The summed E-state index contributed by atoms with van der Waals surface area (Å²) in [5, 5.41) is 10.4. The van der Waals surface area contributed by atoms with Gasteiger partial charge in [0.05, 0.1) is 41.6 Å². The molecule has 4 aliphatic heterocycles. The van der Waals surface area contributed by atoms with Gasteiger partial charge in [-0.3, -0.25) is 4.79 Å². The summed E-state index contributed by atoms with van der Waals surface area (Å²) in [5.74, 6) is 7.54. The van der Waals surface area contributed by atoms with Gasteiger partial charge < -0.3 is 33.9 Å². The predicted molar refractivity (Wildman–Crippen MR) is 319 cm³/mol. The van der Waals surface area contributed by atoms with Crippen molar-refractivity contribution >= 4 is 18.0 Å². The molecule has 2 aromatic carbocycles. The molecule has 2 amide bonds. The number of ether oxygens (including phenoxy) is 4. The summed E-state index contributed by atoms with van der Waals surface area (Å²) in [6.07, 6.45) is 21.9. The average Bonchev–Trinajstić information content (AvgIpc) is 3.64. The van der Waals surface area contributed by atoms with E-state index in [1.165, 1.54) is 57.8 Å². The Morgan fingerprint density at radius 1 is 0.585 bits per heavy atom. The minimum atomic E-state index is -0.202. The molecule has 0 radical (unpaired) electrons. The summed E-state index contributed by atoms with van der Waals surface area (Å²) in [4.78, 5) is 43.4. The zero-order chi connectivity index (χ0) is 57.0. The third-order valence-electron chi connectivity index (χ3n) is 26.2. The maximum absolute atomic E-state index is 13.5. The minimum Gasteiger partial charge on any atom is -0.445 e. The van der Waals surface area contributed by atoms with Crippen LogP contribution in [0.2, 0.25) is 0 Å². The summed E-state index contributed by atoms with van der Waals surface area (Å²) < 4.78 is 26.1. The fraction of sp³-hybridized carbons (Fsp3) is 0.736. The van der Waals surface area contributed by atoms with Crippen molar-refractivity contribution in [3.63, 3.8) is 0 Å². The van der Waals surface area contributed by atoms with Crippen molar-refractivity contribution in [2.45, 2.75) is 239 Å². The molecule has 8 aliphatic carbocycles. The van der Waals surface area contributed by atoms with E-state index in [1.54, 1.807) is 22.3 Å². The van der Waals surface area contributed by atoms with Crippen LogP contribution in [-0.4, -0.2) is 87.6 Å². The number of hydrogen-bond acceptors (Lipinski definition) is 8. The van der Waals surface area contributed by atoms with Crippen molar-refractivity contribution in [1.82, 2.24) is 9.80 Å². The van der Waals surface area contributed by atoms with Crippen molar-refractivity contribution in [3.05, 3.63) is 94.1 Å². The van der Waals surface area contributed by atoms with Gasteiger partial charge in [0.25, 0.3) is 0 Å². The van der Waals surface area contributed by atoms with Crippen LogP contribution in [0.1, 0.15) is 195 Å². The minimum absolute atomic E-state index is 0.0760. The molecule has 10 nitrogen and oxygen atoms in total. The highest BCUT2D eigenvalue weighted by Gasteiger charge is 2.63. The molecule has 2 spiro atoms. The number of Topliss-reactive ketones (excluding diaryl/α,β-unsaturated/α-hetero) is 1. The first-order valence-corrected chi connectivity index (χ1v) is 33.2. The normalized spacial score (nSPS) is 44.6. The van der Waals surface area contributed by atoms with Crippen molar-refractivity contribution < 1.29 is 38.4 Å². The molecule has 10 fully saturated rings. The number of aliphatic hydroxyl groups excluding tert-OH is 1. The van der Waals surface area contributed by atoms with Crippen molar-refractivity contribution in [3.8, 4) is 0 Å². The molecule has 0 aromatic heterocycles. The summed E-state index contributed by atoms with van der Waals surface area (Å²) in [6, 6.07) is 20.1. The molecular formula is C72H100N2O8. The van der Waals surface area contributed by atoms with Gasteiger partial charge >= 0.3 is 12.2 Å². The highest BCUT2D eigenvalue weighted by atomic mass is 16.6. The summed E-state index contributed by atoms with van der Waals surface area (Å²) in [6.45, 7) is 21.2. The van der Waals surface area contributed by atoms with Gasteiger partial charge in [0.1, 0.15) is 19.0 Å². The Balaban J connectivity index is 0.000000154. The largest absolute Gasteiger partial charge is 0.445 e. The van der Waals surface area contributed by atoms with Crippen LogP contribution < -0.4 is 0 Å². The molecule has 12 aliphatic rings. The second-order valence-corrected chi connectivity index (χ2v) is 30.5. The molecule has 14 rings (SSSR count). The van der Waals surface area contributed by atoms with Gasteiger partial charge in [-0.25, -0.2) is 9.59 Å². The molecule has 4 heterocycles. The van der Waals surface area contributed by atoms with Crippen LogP contribution >= 0.6 is 0 Å². The number of nitrogens with zero attached hydrogens (tertiary/aromatic N) is 2. The molecule has 1 N–H and O–H groups in total. The Kier molecular flexibility index (Phi) is 15.4. The van der Waals surface area contributed by atoms with Crippen LogP contribution in [0.15, 0.2) is 83.0 Å². The molecule has 6 saturated carbocycles. The van der Waals surface area contributed by atoms with E-state index in [0.29, 0.717) is 65.3 Å². The molecule has 10 heteroatoms. The number of ketones is 1. The molecular weight excluding hydrogens is 1020 g/mol. The fourth-order valence-corrected chi connectivity index (χ4v) is 21.9. The summed E-state index contributed by atoms with van der Waals surface area (Å²) >= 11 is 0. The Morgan fingerprint density at radius 2 is 1.05 bits per heavy atom. The maximum atomic E-state index is 13.5.